The van der Waals surface area contributed by atoms with E-state index in [2.05, 4.69) is 10.3 Å². The Labute approximate surface area is 153 Å². The molecule has 1 saturated heterocycles. The normalized spacial score (nSPS) is 14.2. The molecule has 0 aliphatic carbocycles. The van der Waals surface area contributed by atoms with Gasteiger partial charge in [-0.3, -0.25) is 4.79 Å². The number of methoxy groups -OCH3 is 1. The quantitative estimate of drug-likeness (QED) is 0.877. The number of nitrogens with zero attached hydrogens (tertiary/aromatic N) is 2. The van der Waals surface area contributed by atoms with Crippen LogP contribution < -0.4 is 10.1 Å². The summed E-state index contributed by atoms with van der Waals surface area (Å²) in [5.74, 6) is 1.41. The summed E-state index contributed by atoms with van der Waals surface area (Å²) in [5.41, 5.74) is 1.63. The van der Waals surface area contributed by atoms with E-state index in [-0.39, 0.29) is 5.91 Å². The van der Waals surface area contributed by atoms with Crippen molar-refractivity contribution in [3.63, 3.8) is 0 Å². The van der Waals surface area contributed by atoms with E-state index in [1.54, 1.807) is 19.4 Å². The van der Waals surface area contributed by atoms with E-state index >= 15 is 0 Å². The number of aromatic nitrogens is 1. The minimum absolute atomic E-state index is 0.0100. The van der Waals surface area contributed by atoms with Crippen LogP contribution in [0.25, 0.3) is 0 Å². The molecule has 2 aromatic rings. The minimum Gasteiger partial charge on any atom is -0.497 e. The molecule has 3 rings (SSSR count). The SMILES string of the molecule is COc1ccc(CNc2ncc(C(=O)N3CCCCC3)cc2Cl)cc1. The lowest BCUT2D eigenvalue weighted by atomic mass is 10.1. The summed E-state index contributed by atoms with van der Waals surface area (Å²) in [4.78, 5) is 18.7. The maximum absolute atomic E-state index is 12.5. The van der Waals surface area contributed by atoms with Gasteiger partial charge in [0.05, 0.1) is 17.7 Å². The zero-order valence-electron chi connectivity index (χ0n) is 14.3. The molecule has 0 bridgehead atoms. The highest BCUT2D eigenvalue weighted by atomic mass is 35.5. The molecule has 1 aromatic carbocycles. The number of piperidine rings is 1. The molecule has 1 aromatic heterocycles. The lowest BCUT2D eigenvalue weighted by Gasteiger charge is -2.26. The van der Waals surface area contributed by atoms with Gasteiger partial charge in [0.15, 0.2) is 0 Å². The molecule has 2 heterocycles. The van der Waals surface area contributed by atoms with E-state index in [0.717, 1.165) is 37.2 Å². The summed E-state index contributed by atoms with van der Waals surface area (Å²) in [6, 6.07) is 9.47. The second kappa shape index (κ2) is 8.21. The number of hydrogen-bond donors (Lipinski definition) is 1. The summed E-state index contributed by atoms with van der Waals surface area (Å²) in [7, 11) is 1.64. The Hall–Kier alpha value is -2.27. The summed E-state index contributed by atoms with van der Waals surface area (Å²) >= 11 is 6.31. The highest BCUT2D eigenvalue weighted by molar-refractivity contribution is 6.33. The summed E-state index contributed by atoms with van der Waals surface area (Å²) in [5, 5.41) is 3.66. The van der Waals surface area contributed by atoms with Crippen LogP contribution in [0.15, 0.2) is 36.5 Å². The number of rotatable bonds is 5. The van der Waals surface area contributed by atoms with E-state index in [9.17, 15) is 4.79 Å². The summed E-state index contributed by atoms with van der Waals surface area (Å²) in [6.07, 6.45) is 4.92. The molecule has 0 spiro atoms. The van der Waals surface area contributed by atoms with Crippen LogP contribution in [0.3, 0.4) is 0 Å². The number of anilines is 1. The number of halogens is 1. The average molecular weight is 360 g/mol. The first-order valence-corrected chi connectivity index (χ1v) is 8.87. The third-order valence-electron chi connectivity index (χ3n) is 4.35. The van der Waals surface area contributed by atoms with E-state index in [1.807, 2.05) is 29.2 Å². The van der Waals surface area contributed by atoms with Gasteiger partial charge in [0.2, 0.25) is 0 Å². The fraction of sp³-hybridized carbons (Fsp3) is 0.368. The first-order chi connectivity index (χ1) is 12.2. The molecule has 0 atom stereocenters. The molecule has 1 amide bonds. The molecule has 25 heavy (non-hydrogen) atoms. The van der Waals surface area contributed by atoms with Gasteiger partial charge in [-0.1, -0.05) is 23.7 Å². The highest BCUT2D eigenvalue weighted by Gasteiger charge is 2.19. The van der Waals surface area contributed by atoms with Gasteiger partial charge in [-0.25, -0.2) is 4.98 Å². The van der Waals surface area contributed by atoms with E-state index in [1.165, 1.54) is 6.42 Å². The van der Waals surface area contributed by atoms with Crippen molar-refractivity contribution >= 4 is 23.3 Å². The standard InChI is InChI=1S/C19H22ClN3O2/c1-25-16-7-5-14(6-8-16)12-21-18-17(20)11-15(13-22-18)19(24)23-9-3-2-4-10-23/h5-8,11,13H,2-4,9-10,12H2,1H3,(H,21,22). The number of carbonyl (C=O) groups excluding carboxylic acids is 1. The van der Waals surface area contributed by atoms with E-state index in [0.29, 0.717) is 22.9 Å². The van der Waals surface area contributed by atoms with Gasteiger partial charge in [0.25, 0.3) is 5.91 Å². The topological polar surface area (TPSA) is 54.5 Å². The second-order valence-corrected chi connectivity index (χ2v) is 6.52. The number of pyridine rings is 1. The fourth-order valence-corrected chi connectivity index (χ4v) is 3.13. The summed E-state index contributed by atoms with van der Waals surface area (Å²) in [6.45, 7) is 2.22. The number of ether oxygens (including phenoxy) is 1. The monoisotopic (exact) mass is 359 g/mol. The summed E-state index contributed by atoms with van der Waals surface area (Å²) < 4.78 is 5.15. The highest BCUT2D eigenvalue weighted by Crippen LogP contribution is 2.23. The molecule has 0 unspecified atom stereocenters. The van der Waals surface area contributed by atoms with E-state index < -0.39 is 0 Å². The van der Waals surface area contributed by atoms with Crippen LogP contribution in [0, 0.1) is 0 Å². The van der Waals surface area contributed by atoms with Crippen LogP contribution in [-0.2, 0) is 6.54 Å². The fourth-order valence-electron chi connectivity index (χ4n) is 2.89. The van der Waals surface area contributed by atoms with Gasteiger partial charge in [-0.2, -0.15) is 0 Å². The molecule has 1 aliphatic heterocycles. The van der Waals surface area contributed by atoms with Crippen LogP contribution in [0.4, 0.5) is 5.82 Å². The van der Waals surface area contributed by atoms with Gasteiger partial charge in [-0.15, -0.1) is 0 Å². The Morgan fingerprint density at radius 1 is 1.24 bits per heavy atom. The van der Waals surface area contributed by atoms with E-state index in [4.69, 9.17) is 16.3 Å². The maximum Gasteiger partial charge on any atom is 0.255 e. The Kier molecular flexibility index (Phi) is 5.76. The van der Waals surface area contributed by atoms with Gasteiger partial charge in [0, 0.05) is 25.8 Å². The van der Waals surface area contributed by atoms with Crippen molar-refractivity contribution in [2.75, 3.05) is 25.5 Å². The Morgan fingerprint density at radius 3 is 2.60 bits per heavy atom. The molecule has 132 valence electrons. The molecule has 1 N–H and O–H groups in total. The third kappa shape index (κ3) is 4.42. The first kappa shape index (κ1) is 17.5. The molecular weight excluding hydrogens is 338 g/mol. The molecule has 1 fully saturated rings. The Morgan fingerprint density at radius 2 is 1.96 bits per heavy atom. The zero-order valence-corrected chi connectivity index (χ0v) is 15.1. The van der Waals surface area contributed by atoms with Gasteiger partial charge < -0.3 is 15.0 Å². The van der Waals surface area contributed by atoms with Crippen molar-refractivity contribution < 1.29 is 9.53 Å². The molecule has 6 heteroatoms. The van der Waals surface area contributed by atoms with Crippen LogP contribution in [0.2, 0.25) is 5.02 Å². The van der Waals surface area contributed by atoms with Crippen molar-refractivity contribution in [1.82, 2.24) is 9.88 Å². The zero-order chi connectivity index (χ0) is 17.6. The smallest absolute Gasteiger partial charge is 0.255 e. The predicted octanol–water partition coefficient (Wildman–Crippen LogP) is 3.98. The predicted molar refractivity (Wildman–Crippen MR) is 99.3 cm³/mol. The van der Waals surface area contributed by atoms with Crippen LogP contribution in [-0.4, -0.2) is 36.0 Å². The number of likely N-dealkylation sites (tertiary alicyclic amines) is 1. The number of benzene rings is 1. The van der Waals surface area contributed by atoms with Gasteiger partial charge >= 0.3 is 0 Å². The van der Waals surface area contributed by atoms with Crippen LogP contribution in [0.5, 0.6) is 5.75 Å². The number of carbonyl (C=O) groups is 1. The van der Waals surface area contributed by atoms with Crippen molar-refractivity contribution in [3.05, 3.63) is 52.7 Å². The number of amides is 1. The maximum atomic E-state index is 12.5. The second-order valence-electron chi connectivity index (χ2n) is 6.11. The van der Waals surface area contributed by atoms with Crippen LogP contribution >= 0.6 is 11.6 Å². The molecule has 1 aliphatic rings. The van der Waals surface area contributed by atoms with Crippen molar-refractivity contribution in [1.29, 1.82) is 0 Å². The molecule has 5 nitrogen and oxygen atoms in total. The van der Waals surface area contributed by atoms with Gasteiger partial charge in [0.1, 0.15) is 11.6 Å². The Bertz CT molecular complexity index is 728. The Balaban J connectivity index is 1.63. The third-order valence-corrected chi connectivity index (χ3v) is 4.64. The molecule has 0 radical (unpaired) electrons. The van der Waals surface area contributed by atoms with Crippen molar-refractivity contribution in [3.8, 4) is 5.75 Å². The number of nitrogens with one attached hydrogen (secondary N) is 1. The molecule has 0 saturated carbocycles. The lowest BCUT2D eigenvalue weighted by molar-refractivity contribution is 0.0724. The van der Waals surface area contributed by atoms with Crippen molar-refractivity contribution in [2.45, 2.75) is 25.8 Å². The van der Waals surface area contributed by atoms with Gasteiger partial charge in [-0.05, 0) is 43.0 Å². The van der Waals surface area contributed by atoms with Crippen LogP contribution in [0.1, 0.15) is 35.2 Å². The lowest BCUT2D eigenvalue weighted by Crippen LogP contribution is -2.35. The van der Waals surface area contributed by atoms with Crippen molar-refractivity contribution in [2.24, 2.45) is 0 Å². The average Bonchev–Trinajstić information content (AvgIpc) is 2.67. The molecular formula is C19H22ClN3O2. The first-order valence-electron chi connectivity index (χ1n) is 8.49. The largest absolute Gasteiger partial charge is 0.497 e. The number of hydrogen-bond acceptors (Lipinski definition) is 4. The minimum atomic E-state index is 0.0100.